The van der Waals surface area contributed by atoms with E-state index in [1.165, 1.54) is 0 Å². The van der Waals surface area contributed by atoms with Crippen LogP contribution in [-0.4, -0.2) is 50.7 Å². The first-order chi connectivity index (χ1) is 12.1. The highest BCUT2D eigenvalue weighted by Crippen LogP contribution is 2.24. The minimum Gasteiger partial charge on any atom is -0.368 e. The molecular weight excluding hydrogens is 318 g/mol. The van der Waals surface area contributed by atoms with Crippen molar-refractivity contribution in [1.29, 1.82) is 0 Å². The van der Waals surface area contributed by atoms with Gasteiger partial charge in [0.1, 0.15) is 11.9 Å². The number of hydrogen-bond donors (Lipinski definition) is 1. The Kier molecular flexibility index (Phi) is 3.93. The lowest BCUT2D eigenvalue weighted by atomic mass is 10.1. The zero-order valence-corrected chi connectivity index (χ0v) is 14.2. The molecule has 0 bridgehead atoms. The number of aromatic nitrogens is 4. The van der Waals surface area contributed by atoms with Crippen LogP contribution in [0.2, 0.25) is 0 Å². The molecule has 0 radical (unpaired) electrons. The average Bonchev–Trinajstić information content (AvgIpc) is 3.04. The third-order valence-electron chi connectivity index (χ3n) is 4.34. The fourth-order valence-corrected chi connectivity index (χ4v) is 3.20. The van der Waals surface area contributed by atoms with Crippen LogP contribution >= 0.6 is 0 Å². The summed E-state index contributed by atoms with van der Waals surface area (Å²) in [6.07, 6.45) is -0.247. The number of H-pyrrole nitrogens is 1. The van der Waals surface area contributed by atoms with Gasteiger partial charge in [-0.2, -0.15) is 5.10 Å². The number of carbonyl (C=O) groups excluding carboxylic acids is 1. The van der Waals surface area contributed by atoms with Gasteiger partial charge in [-0.15, -0.1) is 0 Å². The van der Waals surface area contributed by atoms with Gasteiger partial charge in [-0.05, 0) is 26.0 Å². The molecule has 1 amide bonds. The van der Waals surface area contributed by atoms with Crippen LogP contribution in [0.4, 0.5) is 0 Å². The van der Waals surface area contributed by atoms with Crippen molar-refractivity contribution in [1.82, 2.24) is 25.1 Å². The van der Waals surface area contributed by atoms with Crippen molar-refractivity contribution in [3.8, 4) is 0 Å². The van der Waals surface area contributed by atoms with Gasteiger partial charge in [0.25, 0.3) is 5.91 Å². The van der Waals surface area contributed by atoms with Crippen molar-refractivity contribution in [2.75, 3.05) is 19.7 Å². The lowest BCUT2D eigenvalue weighted by Gasteiger charge is -2.32. The Hall–Kier alpha value is -2.80. The quantitative estimate of drug-likeness (QED) is 0.775. The predicted molar refractivity (Wildman–Crippen MR) is 92.2 cm³/mol. The van der Waals surface area contributed by atoms with E-state index < -0.39 is 0 Å². The molecule has 7 heteroatoms. The van der Waals surface area contributed by atoms with E-state index in [0.717, 1.165) is 22.3 Å². The van der Waals surface area contributed by atoms with Crippen LogP contribution in [0.3, 0.4) is 0 Å². The van der Waals surface area contributed by atoms with Gasteiger partial charge in [-0.25, -0.2) is 9.97 Å². The molecule has 7 nitrogen and oxygen atoms in total. The number of para-hydroxylation sites is 1. The van der Waals surface area contributed by atoms with Crippen molar-refractivity contribution in [2.24, 2.45) is 0 Å². The molecule has 1 N–H and O–H groups in total. The number of amides is 1. The first-order valence-corrected chi connectivity index (χ1v) is 8.28. The summed E-state index contributed by atoms with van der Waals surface area (Å²) in [7, 11) is 0. The summed E-state index contributed by atoms with van der Waals surface area (Å²) in [5.41, 5.74) is 3.02. The monoisotopic (exact) mass is 337 g/mol. The molecule has 0 saturated carbocycles. The Morgan fingerprint density at radius 1 is 1.28 bits per heavy atom. The van der Waals surface area contributed by atoms with Gasteiger partial charge in [0.15, 0.2) is 5.69 Å². The first kappa shape index (κ1) is 15.7. The van der Waals surface area contributed by atoms with Crippen molar-refractivity contribution in [2.45, 2.75) is 20.0 Å². The summed E-state index contributed by atoms with van der Waals surface area (Å²) in [5, 5.41) is 7.97. The van der Waals surface area contributed by atoms with Crippen LogP contribution < -0.4 is 0 Å². The van der Waals surface area contributed by atoms with Gasteiger partial charge in [0.2, 0.25) is 0 Å². The Balaban J connectivity index is 1.59. The molecule has 3 aromatic rings. The molecular formula is C18H19N5O2. The van der Waals surface area contributed by atoms with E-state index in [2.05, 4.69) is 20.2 Å². The molecule has 3 heterocycles. The number of morpholine rings is 1. The zero-order valence-electron chi connectivity index (χ0n) is 14.2. The molecule has 1 aromatic carbocycles. The predicted octanol–water partition coefficient (Wildman–Crippen LogP) is 2.18. The second kappa shape index (κ2) is 6.25. The van der Waals surface area contributed by atoms with Crippen LogP contribution in [0.25, 0.3) is 10.9 Å². The molecule has 1 aliphatic rings. The van der Waals surface area contributed by atoms with Crippen LogP contribution in [0.1, 0.15) is 33.8 Å². The summed E-state index contributed by atoms with van der Waals surface area (Å²) in [6, 6.07) is 9.55. The zero-order chi connectivity index (χ0) is 17.4. The van der Waals surface area contributed by atoms with Gasteiger partial charge in [0.05, 0.1) is 24.4 Å². The van der Waals surface area contributed by atoms with Gasteiger partial charge in [-0.3, -0.25) is 9.89 Å². The largest absolute Gasteiger partial charge is 0.368 e. The number of ether oxygens (including phenoxy) is 1. The van der Waals surface area contributed by atoms with E-state index in [-0.39, 0.29) is 12.0 Å². The van der Waals surface area contributed by atoms with E-state index in [1.807, 2.05) is 44.2 Å². The molecule has 0 aliphatic carbocycles. The minimum atomic E-state index is -0.247. The van der Waals surface area contributed by atoms with E-state index in [9.17, 15) is 4.79 Å². The second-order valence-electron chi connectivity index (χ2n) is 6.21. The van der Waals surface area contributed by atoms with E-state index >= 15 is 0 Å². The maximum atomic E-state index is 12.9. The number of benzene rings is 1. The Morgan fingerprint density at radius 3 is 2.96 bits per heavy atom. The maximum Gasteiger partial charge on any atom is 0.275 e. The highest BCUT2D eigenvalue weighted by Gasteiger charge is 2.29. The fraction of sp³-hybridized carbons (Fsp3) is 0.333. The van der Waals surface area contributed by atoms with Crippen molar-refractivity contribution >= 4 is 16.8 Å². The number of hydrogen-bond acceptors (Lipinski definition) is 5. The molecule has 1 fully saturated rings. The average molecular weight is 337 g/mol. The lowest BCUT2D eigenvalue weighted by Crippen LogP contribution is -2.42. The fourth-order valence-electron chi connectivity index (χ4n) is 3.20. The molecule has 128 valence electrons. The number of aromatic amines is 1. The van der Waals surface area contributed by atoms with Crippen LogP contribution in [0, 0.1) is 13.8 Å². The Morgan fingerprint density at radius 2 is 2.12 bits per heavy atom. The molecule has 0 spiro atoms. The van der Waals surface area contributed by atoms with Gasteiger partial charge in [0, 0.05) is 17.6 Å². The summed E-state index contributed by atoms with van der Waals surface area (Å²) in [6.45, 7) is 5.26. The number of fused-ring (bicyclic) bond motifs is 1. The standard InChI is InChI=1S/C18H19N5O2/c1-11-9-15(20-12(2)19-11)16-10-23(7-8-25-16)18(24)17-13-5-3-4-6-14(13)21-22-17/h3-6,9,16H,7-8,10H2,1-2H3,(H,21,22). The topological polar surface area (TPSA) is 84.0 Å². The summed E-state index contributed by atoms with van der Waals surface area (Å²) >= 11 is 0. The van der Waals surface area contributed by atoms with Gasteiger partial charge >= 0.3 is 0 Å². The Labute approximate surface area is 145 Å². The number of nitrogens with zero attached hydrogens (tertiary/aromatic N) is 4. The molecule has 4 rings (SSSR count). The second-order valence-corrected chi connectivity index (χ2v) is 6.21. The van der Waals surface area contributed by atoms with E-state index in [0.29, 0.717) is 31.2 Å². The van der Waals surface area contributed by atoms with Crippen molar-refractivity contribution in [3.63, 3.8) is 0 Å². The number of aryl methyl sites for hydroxylation is 2. The smallest absolute Gasteiger partial charge is 0.275 e. The third-order valence-corrected chi connectivity index (χ3v) is 4.34. The molecule has 1 aliphatic heterocycles. The first-order valence-electron chi connectivity index (χ1n) is 8.28. The SMILES string of the molecule is Cc1cc(C2CN(C(=O)c3n[nH]c4ccccc34)CCO2)nc(C)n1. The Bertz CT molecular complexity index is 916. The molecule has 2 aromatic heterocycles. The van der Waals surface area contributed by atoms with E-state index in [4.69, 9.17) is 4.74 Å². The van der Waals surface area contributed by atoms with E-state index in [1.54, 1.807) is 4.90 Å². The van der Waals surface area contributed by atoms with Gasteiger partial charge in [-0.1, -0.05) is 18.2 Å². The maximum absolute atomic E-state index is 12.9. The third kappa shape index (κ3) is 2.98. The highest BCUT2D eigenvalue weighted by molar-refractivity contribution is 6.04. The highest BCUT2D eigenvalue weighted by atomic mass is 16.5. The molecule has 1 atom stereocenters. The summed E-state index contributed by atoms with van der Waals surface area (Å²) in [5.74, 6) is 0.619. The number of rotatable bonds is 2. The normalized spacial score (nSPS) is 17.8. The van der Waals surface area contributed by atoms with Crippen LogP contribution in [0.5, 0.6) is 0 Å². The van der Waals surface area contributed by atoms with Crippen LogP contribution in [0.15, 0.2) is 30.3 Å². The molecule has 25 heavy (non-hydrogen) atoms. The summed E-state index contributed by atoms with van der Waals surface area (Å²) < 4.78 is 5.85. The van der Waals surface area contributed by atoms with Gasteiger partial charge < -0.3 is 9.64 Å². The van der Waals surface area contributed by atoms with Crippen LogP contribution in [-0.2, 0) is 4.74 Å². The van der Waals surface area contributed by atoms with Crippen molar-refractivity contribution < 1.29 is 9.53 Å². The van der Waals surface area contributed by atoms with Crippen molar-refractivity contribution in [3.05, 3.63) is 53.2 Å². The summed E-state index contributed by atoms with van der Waals surface area (Å²) in [4.78, 5) is 23.5. The lowest BCUT2D eigenvalue weighted by molar-refractivity contribution is -0.0250. The number of nitrogens with one attached hydrogen (secondary N) is 1. The molecule has 1 saturated heterocycles. The number of carbonyl (C=O) groups is 1. The minimum absolute atomic E-state index is 0.0896. The molecule has 1 unspecified atom stereocenters.